The first-order chi connectivity index (χ1) is 15.9. The number of benzene rings is 2. The molecule has 2 heterocycles. The van der Waals surface area contributed by atoms with Gasteiger partial charge in [0.05, 0.1) is 17.2 Å². The fourth-order valence-corrected chi connectivity index (χ4v) is 5.58. The predicted octanol–water partition coefficient (Wildman–Crippen LogP) is 5.37. The van der Waals surface area contributed by atoms with Crippen LogP contribution in [0, 0.1) is 11.3 Å². The zero-order valence-corrected chi connectivity index (χ0v) is 19.8. The quantitative estimate of drug-likeness (QED) is 0.559. The number of piperidine rings is 1. The largest absolute Gasteiger partial charge is 0.384 e. The van der Waals surface area contributed by atoms with E-state index in [0.29, 0.717) is 5.56 Å². The summed E-state index contributed by atoms with van der Waals surface area (Å²) in [6, 6.07) is 12.0. The Kier molecular flexibility index (Phi) is 5.50. The maximum absolute atomic E-state index is 13.7. The molecule has 5 rings (SSSR count). The number of aryl methyl sites for hydroxylation is 1. The number of hydrogen-bond donors (Lipinski definition) is 2. The molecule has 2 N–H and O–H groups in total. The summed E-state index contributed by atoms with van der Waals surface area (Å²) in [5.41, 5.74) is 6.97. The van der Waals surface area contributed by atoms with Crippen LogP contribution < -0.4 is 5.32 Å². The zero-order valence-electron chi connectivity index (χ0n) is 19.8. The van der Waals surface area contributed by atoms with Gasteiger partial charge in [0.2, 0.25) is 0 Å². The highest BCUT2D eigenvalue weighted by molar-refractivity contribution is 6.20. The van der Waals surface area contributed by atoms with E-state index < -0.39 is 0 Å². The normalized spacial score (nSPS) is 17.5. The van der Waals surface area contributed by atoms with Crippen LogP contribution in [0.1, 0.15) is 78.3 Å². The number of nitriles is 1. The van der Waals surface area contributed by atoms with Gasteiger partial charge < -0.3 is 15.2 Å². The minimum Gasteiger partial charge on any atom is -0.384 e. The lowest BCUT2D eigenvalue weighted by atomic mass is 9.70. The summed E-state index contributed by atoms with van der Waals surface area (Å²) in [5, 5.41) is 13.9. The van der Waals surface area contributed by atoms with Crippen molar-refractivity contribution in [2.24, 2.45) is 0 Å². The molecule has 1 saturated heterocycles. The van der Waals surface area contributed by atoms with Crippen molar-refractivity contribution in [1.82, 2.24) is 9.88 Å². The summed E-state index contributed by atoms with van der Waals surface area (Å²) in [6.07, 6.45) is 4.83. The van der Waals surface area contributed by atoms with Crippen molar-refractivity contribution in [3.63, 3.8) is 0 Å². The molecule has 1 aliphatic carbocycles. The Morgan fingerprint density at radius 2 is 1.94 bits per heavy atom. The molecule has 0 amide bonds. The van der Waals surface area contributed by atoms with Crippen molar-refractivity contribution in [1.29, 1.82) is 5.26 Å². The number of nitrogens with one attached hydrogen (secondary N) is 2. The van der Waals surface area contributed by atoms with E-state index in [1.165, 1.54) is 37.9 Å². The van der Waals surface area contributed by atoms with Crippen LogP contribution in [0.3, 0.4) is 0 Å². The summed E-state index contributed by atoms with van der Waals surface area (Å²) < 4.78 is 0. The molecular formula is C28H32N4O. The topological polar surface area (TPSA) is 71.9 Å². The van der Waals surface area contributed by atoms with Gasteiger partial charge in [0.1, 0.15) is 0 Å². The lowest BCUT2D eigenvalue weighted by molar-refractivity contribution is 0.103. The molecule has 33 heavy (non-hydrogen) atoms. The lowest BCUT2D eigenvalue weighted by Crippen LogP contribution is -2.34. The van der Waals surface area contributed by atoms with Crippen molar-refractivity contribution < 1.29 is 4.79 Å². The van der Waals surface area contributed by atoms with Crippen LogP contribution in [0.4, 0.5) is 5.69 Å². The third-order valence-corrected chi connectivity index (χ3v) is 7.51. The lowest BCUT2D eigenvalue weighted by Gasteiger charge is -2.33. The van der Waals surface area contributed by atoms with Crippen molar-refractivity contribution in [3.8, 4) is 6.07 Å². The van der Waals surface area contributed by atoms with Crippen molar-refractivity contribution in [2.75, 3.05) is 31.5 Å². The van der Waals surface area contributed by atoms with Crippen LogP contribution >= 0.6 is 0 Å². The molecule has 0 spiro atoms. The minimum absolute atomic E-state index is 0.0739. The molecule has 170 valence electrons. The van der Waals surface area contributed by atoms with Crippen LogP contribution in [0.25, 0.3) is 10.9 Å². The van der Waals surface area contributed by atoms with Crippen molar-refractivity contribution in [2.45, 2.75) is 51.9 Å². The molecule has 0 unspecified atom stereocenters. The number of aromatic nitrogens is 1. The summed E-state index contributed by atoms with van der Waals surface area (Å²) in [4.78, 5) is 19.7. The molecule has 2 aliphatic rings. The Balaban J connectivity index is 1.52. The number of rotatable bonds is 5. The van der Waals surface area contributed by atoms with E-state index in [0.717, 1.165) is 58.5 Å². The van der Waals surface area contributed by atoms with Gasteiger partial charge in [-0.05, 0) is 67.7 Å². The van der Waals surface area contributed by atoms with Gasteiger partial charge in [0.15, 0.2) is 5.78 Å². The van der Waals surface area contributed by atoms with Gasteiger partial charge in [-0.25, -0.2) is 0 Å². The van der Waals surface area contributed by atoms with E-state index in [-0.39, 0.29) is 11.2 Å². The summed E-state index contributed by atoms with van der Waals surface area (Å²) in [6.45, 7) is 10.9. The van der Waals surface area contributed by atoms with E-state index in [2.05, 4.69) is 54.2 Å². The second kappa shape index (κ2) is 8.35. The summed E-state index contributed by atoms with van der Waals surface area (Å²) in [5.74, 6) is 0.0739. The van der Waals surface area contributed by atoms with Gasteiger partial charge >= 0.3 is 0 Å². The summed E-state index contributed by atoms with van der Waals surface area (Å²) >= 11 is 0. The van der Waals surface area contributed by atoms with Crippen LogP contribution in [-0.4, -0.2) is 41.8 Å². The fourth-order valence-electron chi connectivity index (χ4n) is 5.58. The Morgan fingerprint density at radius 1 is 1.15 bits per heavy atom. The molecule has 0 radical (unpaired) electrons. The highest BCUT2D eigenvalue weighted by atomic mass is 16.1. The zero-order chi connectivity index (χ0) is 23.2. The average molecular weight is 441 g/mol. The molecule has 5 nitrogen and oxygen atoms in total. The van der Waals surface area contributed by atoms with E-state index >= 15 is 0 Å². The smallest absolute Gasteiger partial charge is 0.195 e. The van der Waals surface area contributed by atoms with Crippen LogP contribution in [-0.2, 0) is 11.8 Å². The fraction of sp³-hybridized carbons (Fsp3) is 0.429. The van der Waals surface area contributed by atoms with E-state index in [1.54, 1.807) is 6.07 Å². The Labute approximate surface area is 195 Å². The molecule has 5 heteroatoms. The minimum atomic E-state index is -0.347. The Bertz CT molecular complexity index is 1270. The molecule has 3 aromatic rings. The molecule has 1 aliphatic heterocycles. The summed E-state index contributed by atoms with van der Waals surface area (Å²) in [7, 11) is 0. The molecule has 1 aromatic heterocycles. The Hall–Kier alpha value is -3.10. The number of carbonyl (C=O) groups is 1. The van der Waals surface area contributed by atoms with E-state index in [1.807, 2.05) is 12.1 Å². The van der Waals surface area contributed by atoms with Gasteiger partial charge in [-0.3, -0.25) is 4.79 Å². The molecular weight excluding hydrogens is 408 g/mol. The number of H-pyrrole nitrogens is 1. The average Bonchev–Trinajstić information content (AvgIpc) is 3.23. The second-order valence-electron chi connectivity index (χ2n) is 9.94. The van der Waals surface area contributed by atoms with Gasteiger partial charge in [-0.15, -0.1) is 0 Å². The van der Waals surface area contributed by atoms with Crippen LogP contribution in [0.15, 0.2) is 30.3 Å². The predicted molar refractivity (Wildman–Crippen MR) is 133 cm³/mol. The van der Waals surface area contributed by atoms with Crippen molar-refractivity contribution >= 4 is 22.4 Å². The third kappa shape index (κ3) is 3.63. The van der Waals surface area contributed by atoms with Gasteiger partial charge in [-0.2, -0.15) is 5.26 Å². The molecule has 0 saturated carbocycles. The van der Waals surface area contributed by atoms with Crippen LogP contribution in [0.2, 0.25) is 0 Å². The number of ketones is 1. The number of aromatic amines is 1. The van der Waals surface area contributed by atoms with E-state index in [4.69, 9.17) is 0 Å². The maximum atomic E-state index is 13.7. The monoisotopic (exact) mass is 440 g/mol. The van der Waals surface area contributed by atoms with Gasteiger partial charge in [0.25, 0.3) is 0 Å². The van der Waals surface area contributed by atoms with Crippen molar-refractivity contribution in [3.05, 3.63) is 63.8 Å². The molecule has 1 fully saturated rings. The third-order valence-electron chi connectivity index (χ3n) is 7.51. The van der Waals surface area contributed by atoms with E-state index in [9.17, 15) is 10.1 Å². The Morgan fingerprint density at radius 3 is 2.67 bits per heavy atom. The first-order valence-corrected chi connectivity index (χ1v) is 12.2. The molecule has 0 bridgehead atoms. The first kappa shape index (κ1) is 21.7. The number of nitrogens with zero attached hydrogens (tertiary/aromatic N) is 2. The van der Waals surface area contributed by atoms with Gasteiger partial charge in [-0.1, -0.05) is 33.3 Å². The second-order valence-corrected chi connectivity index (χ2v) is 9.94. The highest BCUT2D eigenvalue weighted by Gasteiger charge is 2.40. The number of anilines is 1. The number of fused-ring (bicyclic) bond motifs is 4. The number of carbonyl (C=O) groups excluding carboxylic acids is 1. The SMILES string of the molecule is CCc1cc2c(cc1NCCN1CCCCC1)C(C)(C)c1[nH]c3cc(C#N)ccc3c1C2=O. The number of likely N-dealkylation sites (tertiary alicyclic amines) is 1. The molecule has 0 atom stereocenters. The number of hydrogen-bond acceptors (Lipinski definition) is 4. The first-order valence-electron chi connectivity index (χ1n) is 12.2. The van der Waals surface area contributed by atoms with Crippen LogP contribution in [0.5, 0.6) is 0 Å². The highest BCUT2D eigenvalue weighted by Crippen LogP contribution is 2.45. The standard InChI is InChI=1S/C28H32N4O/c1-4-19-15-21-22(16-23(19)30-10-13-32-11-6-5-7-12-32)28(2,3)27-25(26(21)33)20-9-8-18(17-29)14-24(20)31-27/h8-9,14-16,30-31H,4-7,10-13H2,1-3H3. The maximum Gasteiger partial charge on any atom is 0.195 e. The molecule has 2 aromatic carbocycles. The van der Waals surface area contributed by atoms with Gasteiger partial charge in [0, 0.05) is 46.4 Å².